The normalized spacial score (nSPS) is 25.9. The standard InChI is InChI=1S/C21H33N5O2/c1-15(2)13-21(3)18(27)26(19(22)24-21)14-16-9-11-25(12-10-16)20(28)23-17-7-5-4-6-8-17/h4-8,15-16,18,27H,9-14H2,1-3H3,(H2,22,24)(H,23,28). The van der Waals surface area contributed by atoms with Crippen molar-refractivity contribution < 1.29 is 9.90 Å². The van der Waals surface area contributed by atoms with E-state index in [0.29, 0.717) is 37.4 Å². The summed E-state index contributed by atoms with van der Waals surface area (Å²) < 4.78 is 0. The largest absolute Gasteiger partial charge is 0.371 e. The zero-order chi connectivity index (χ0) is 20.3. The minimum Gasteiger partial charge on any atom is -0.371 e. The molecular formula is C21H33N5O2. The quantitative estimate of drug-likeness (QED) is 0.724. The van der Waals surface area contributed by atoms with Crippen LogP contribution in [0.5, 0.6) is 0 Å². The summed E-state index contributed by atoms with van der Waals surface area (Å²) in [7, 11) is 0. The number of aliphatic imine (C=N–C) groups is 1. The van der Waals surface area contributed by atoms with Crippen molar-refractivity contribution in [1.29, 1.82) is 0 Å². The lowest BCUT2D eigenvalue weighted by molar-refractivity contribution is -0.00575. The predicted molar refractivity (Wildman–Crippen MR) is 112 cm³/mol. The minimum absolute atomic E-state index is 0.0588. The number of anilines is 1. The number of piperidine rings is 1. The van der Waals surface area contributed by atoms with Crippen molar-refractivity contribution in [1.82, 2.24) is 9.80 Å². The molecule has 0 aromatic heterocycles. The van der Waals surface area contributed by atoms with Gasteiger partial charge in [-0.15, -0.1) is 0 Å². The number of nitrogens with two attached hydrogens (primary N) is 1. The summed E-state index contributed by atoms with van der Waals surface area (Å²) in [6, 6.07) is 9.45. The van der Waals surface area contributed by atoms with Gasteiger partial charge in [-0.1, -0.05) is 32.0 Å². The highest BCUT2D eigenvalue weighted by Crippen LogP contribution is 2.33. The molecule has 1 fully saturated rings. The highest BCUT2D eigenvalue weighted by molar-refractivity contribution is 5.89. The molecule has 2 atom stereocenters. The van der Waals surface area contributed by atoms with Crippen LogP contribution in [0.3, 0.4) is 0 Å². The van der Waals surface area contributed by atoms with Gasteiger partial charge in [-0.3, -0.25) is 0 Å². The molecule has 7 heteroatoms. The fraction of sp³-hybridized carbons (Fsp3) is 0.619. The molecule has 28 heavy (non-hydrogen) atoms. The van der Waals surface area contributed by atoms with Crippen LogP contribution in [0.15, 0.2) is 35.3 Å². The van der Waals surface area contributed by atoms with Gasteiger partial charge >= 0.3 is 6.03 Å². The molecule has 2 amide bonds. The lowest BCUT2D eigenvalue weighted by atomic mass is 9.89. The summed E-state index contributed by atoms with van der Waals surface area (Å²) >= 11 is 0. The first-order valence-electron chi connectivity index (χ1n) is 10.2. The molecule has 0 aliphatic carbocycles. The van der Waals surface area contributed by atoms with Gasteiger partial charge in [0.05, 0.1) is 0 Å². The van der Waals surface area contributed by atoms with Crippen LogP contribution in [0.1, 0.15) is 40.0 Å². The molecule has 4 N–H and O–H groups in total. The topological polar surface area (TPSA) is 94.2 Å². The Morgan fingerprint density at radius 2 is 1.96 bits per heavy atom. The number of likely N-dealkylation sites (tertiary alicyclic amines) is 1. The maximum Gasteiger partial charge on any atom is 0.321 e. The Balaban J connectivity index is 1.50. The highest BCUT2D eigenvalue weighted by atomic mass is 16.3. The van der Waals surface area contributed by atoms with E-state index >= 15 is 0 Å². The van der Waals surface area contributed by atoms with Crippen LogP contribution < -0.4 is 11.1 Å². The van der Waals surface area contributed by atoms with Crippen LogP contribution in [-0.2, 0) is 0 Å². The second kappa shape index (κ2) is 8.39. The van der Waals surface area contributed by atoms with E-state index in [-0.39, 0.29) is 6.03 Å². The SMILES string of the molecule is CC(C)CC1(C)N=C(N)N(CC2CCN(C(=O)Nc3ccccc3)CC2)C1O. The summed E-state index contributed by atoms with van der Waals surface area (Å²) in [6.07, 6.45) is 1.89. The van der Waals surface area contributed by atoms with Gasteiger partial charge in [0.25, 0.3) is 0 Å². The van der Waals surface area contributed by atoms with Crippen LogP contribution in [0, 0.1) is 11.8 Å². The second-order valence-electron chi connectivity index (χ2n) is 8.68. The third-order valence-electron chi connectivity index (χ3n) is 5.72. The van der Waals surface area contributed by atoms with E-state index in [2.05, 4.69) is 24.2 Å². The maximum atomic E-state index is 12.4. The summed E-state index contributed by atoms with van der Waals surface area (Å²) in [5, 5.41) is 13.8. The molecule has 0 saturated carbocycles. The molecule has 2 heterocycles. The lowest BCUT2D eigenvalue weighted by Gasteiger charge is -2.37. The van der Waals surface area contributed by atoms with Gasteiger partial charge in [0.15, 0.2) is 12.2 Å². The van der Waals surface area contributed by atoms with Crippen LogP contribution in [0.4, 0.5) is 10.5 Å². The number of benzene rings is 1. The third-order valence-corrected chi connectivity index (χ3v) is 5.72. The van der Waals surface area contributed by atoms with E-state index in [9.17, 15) is 9.90 Å². The van der Waals surface area contributed by atoms with E-state index in [1.54, 1.807) is 0 Å². The molecular weight excluding hydrogens is 354 g/mol. The number of carbonyl (C=O) groups is 1. The van der Waals surface area contributed by atoms with Gasteiger partial charge in [0, 0.05) is 25.3 Å². The Morgan fingerprint density at radius 1 is 1.32 bits per heavy atom. The predicted octanol–water partition coefficient (Wildman–Crippen LogP) is 2.68. The summed E-state index contributed by atoms with van der Waals surface area (Å²) in [6.45, 7) is 8.31. The minimum atomic E-state index is -0.686. The number of aliphatic hydroxyl groups excluding tert-OH is 1. The molecule has 0 spiro atoms. The van der Waals surface area contributed by atoms with Crippen molar-refractivity contribution in [3.63, 3.8) is 0 Å². The number of aliphatic hydroxyl groups is 1. The van der Waals surface area contributed by atoms with E-state index in [1.807, 2.05) is 47.1 Å². The number of hydrogen-bond donors (Lipinski definition) is 3. The molecule has 0 radical (unpaired) electrons. The van der Waals surface area contributed by atoms with Gasteiger partial charge < -0.3 is 26.0 Å². The first kappa shape index (κ1) is 20.5. The Bertz CT molecular complexity index is 700. The molecule has 1 aromatic carbocycles. The molecule has 0 bridgehead atoms. The number of urea groups is 1. The fourth-order valence-electron chi connectivity index (χ4n) is 4.34. The molecule has 2 unspecified atom stereocenters. The summed E-state index contributed by atoms with van der Waals surface area (Å²) in [4.78, 5) is 20.7. The molecule has 2 aliphatic rings. The van der Waals surface area contributed by atoms with E-state index in [0.717, 1.165) is 24.9 Å². The van der Waals surface area contributed by atoms with Crippen molar-refractivity contribution in [2.45, 2.75) is 51.8 Å². The molecule has 7 nitrogen and oxygen atoms in total. The van der Waals surface area contributed by atoms with Crippen molar-refractivity contribution in [2.24, 2.45) is 22.6 Å². The van der Waals surface area contributed by atoms with E-state index < -0.39 is 11.8 Å². The van der Waals surface area contributed by atoms with Crippen LogP contribution >= 0.6 is 0 Å². The number of carbonyl (C=O) groups excluding carboxylic acids is 1. The number of para-hydroxylation sites is 1. The third kappa shape index (κ3) is 4.58. The lowest BCUT2D eigenvalue weighted by Crippen LogP contribution is -2.50. The van der Waals surface area contributed by atoms with Gasteiger partial charge in [-0.25, -0.2) is 9.79 Å². The van der Waals surface area contributed by atoms with Crippen LogP contribution in [0.2, 0.25) is 0 Å². The van der Waals surface area contributed by atoms with Crippen molar-refractivity contribution in [3.05, 3.63) is 30.3 Å². The highest BCUT2D eigenvalue weighted by Gasteiger charge is 2.44. The van der Waals surface area contributed by atoms with Crippen LogP contribution in [-0.4, -0.2) is 58.3 Å². The van der Waals surface area contributed by atoms with Crippen molar-refractivity contribution in [3.8, 4) is 0 Å². The zero-order valence-corrected chi connectivity index (χ0v) is 17.1. The van der Waals surface area contributed by atoms with Crippen LogP contribution in [0.25, 0.3) is 0 Å². The molecule has 2 aliphatic heterocycles. The fourth-order valence-corrected chi connectivity index (χ4v) is 4.34. The smallest absolute Gasteiger partial charge is 0.321 e. The molecule has 3 rings (SSSR count). The first-order chi connectivity index (χ1) is 13.3. The van der Waals surface area contributed by atoms with Gasteiger partial charge in [0.2, 0.25) is 0 Å². The molecule has 1 aromatic rings. The first-order valence-corrected chi connectivity index (χ1v) is 10.2. The second-order valence-corrected chi connectivity index (χ2v) is 8.68. The summed E-state index contributed by atoms with van der Waals surface area (Å²) in [5.41, 5.74) is 6.40. The maximum absolute atomic E-state index is 12.4. The van der Waals surface area contributed by atoms with Crippen molar-refractivity contribution in [2.75, 3.05) is 25.0 Å². The Morgan fingerprint density at radius 3 is 2.57 bits per heavy atom. The average Bonchev–Trinajstić information content (AvgIpc) is 2.85. The van der Waals surface area contributed by atoms with E-state index in [4.69, 9.17) is 5.73 Å². The Hall–Kier alpha value is -2.28. The molecule has 1 saturated heterocycles. The van der Waals surface area contributed by atoms with Gasteiger partial charge in [-0.05, 0) is 50.2 Å². The average molecular weight is 388 g/mol. The Kier molecular flexibility index (Phi) is 6.13. The zero-order valence-electron chi connectivity index (χ0n) is 17.1. The number of hydrogen-bond acceptors (Lipinski definition) is 5. The molecule has 154 valence electrons. The van der Waals surface area contributed by atoms with E-state index in [1.165, 1.54) is 0 Å². The summed E-state index contributed by atoms with van der Waals surface area (Å²) in [5.74, 6) is 1.24. The number of guanidine groups is 1. The van der Waals surface area contributed by atoms with Gasteiger partial charge in [-0.2, -0.15) is 0 Å². The monoisotopic (exact) mass is 387 g/mol. The number of amides is 2. The van der Waals surface area contributed by atoms with Crippen molar-refractivity contribution >= 4 is 17.7 Å². The number of rotatable bonds is 5. The number of nitrogens with zero attached hydrogens (tertiary/aromatic N) is 3. The van der Waals surface area contributed by atoms with Gasteiger partial charge in [0.1, 0.15) is 5.54 Å². The Labute approximate surface area is 167 Å². The number of nitrogens with one attached hydrogen (secondary N) is 1.